The Labute approximate surface area is 165 Å². The highest BCUT2D eigenvalue weighted by molar-refractivity contribution is 6.30. The molecule has 0 unspecified atom stereocenters. The molecule has 1 N–H and O–H groups in total. The molecule has 3 rings (SSSR count). The smallest absolute Gasteiger partial charge is 0.320 e. The Hall–Kier alpha value is -1.83. The monoisotopic (exact) mass is 394 g/mol. The number of amides is 3. The minimum atomic E-state index is 0.0249. The second-order valence-electron chi connectivity index (χ2n) is 6.87. The molecular weight excluding hydrogens is 368 g/mol. The number of halogens is 1. The van der Waals surface area contributed by atoms with Gasteiger partial charge in [0.25, 0.3) is 0 Å². The van der Waals surface area contributed by atoms with Gasteiger partial charge in [-0.05, 0) is 24.1 Å². The average molecular weight is 395 g/mol. The van der Waals surface area contributed by atoms with Gasteiger partial charge in [-0.1, -0.05) is 23.7 Å². The van der Waals surface area contributed by atoms with Crippen molar-refractivity contribution in [1.82, 2.24) is 20.0 Å². The van der Waals surface area contributed by atoms with E-state index in [1.54, 1.807) is 0 Å². The molecule has 2 heterocycles. The zero-order valence-corrected chi connectivity index (χ0v) is 16.3. The van der Waals surface area contributed by atoms with Gasteiger partial charge in [-0.2, -0.15) is 0 Å². The zero-order chi connectivity index (χ0) is 19.1. The predicted octanol–water partition coefficient (Wildman–Crippen LogP) is 1.07. The molecule has 1 aromatic carbocycles. The van der Waals surface area contributed by atoms with Crippen LogP contribution >= 0.6 is 11.6 Å². The number of carbonyl (C=O) groups excluding carboxylic acids is 2. The molecule has 2 aliphatic heterocycles. The van der Waals surface area contributed by atoms with Gasteiger partial charge in [-0.3, -0.25) is 9.69 Å². The van der Waals surface area contributed by atoms with Crippen LogP contribution in [0.2, 0.25) is 5.02 Å². The maximum atomic E-state index is 12.5. The van der Waals surface area contributed by atoms with Crippen molar-refractivity contribution in [3.05, 3.63) is 34.9 Å². The molecule has 8 heteroatoms. The molecule has 0 radical (unpaired) electrons. The number of rotatable bonds is 5. The molecule has 2 fully saturated rings. The van der Waals surface area contributed by atoms with Crippen molar-refractivity contribution in [2.75, 3.05) is 65.6 Å². The van der Waals surface area contributed by atoms with Crippen LogP contribution in [0, 0.1) is 0 Å². The third-order valence-electron chi connectivity index (χ3n) is 4.94. The second kappa shape index (κ2) is 9.92. The number of ether oxygens (including phenoxy) is 1. The van der Waals surface area contributed by atoms with Crippen molar-refractivity contribution in [2.24, 2.45) is 0 Å². The van der Waals surface area contributed by atoms with E-state index in [0.29, 0.717) is 57.5 Å². The minimum absolute atomic E-state index is 0.0249. The number of hydrogen-bond donors (Lipinski definition) is 1. The summed E-state index contributed by atoms with van der Waals surface area (Å²) >= 11 is 5.87. The van der Waals surface area contributed by atoms with E-state index in [0.717, 1.165) is 25.1 Å². The van der Waals surface area contributed by atoms with Crippen LogP contribution in [-0.2, 0) is 16.0 Å². The van der Waals surface area contributed by atoms with E-state index in [-0.39, 0.29) is 11.9 Å². The van der Waals surface area contributed by atoms with Crippen molar-refractivity contribution in [1.29, 1.82) is 0 Å². The fourth-order valence-corrected chi connectivity index (χ4v) is 3.43. The minimum Gasteiger partial charge on any atom is -0.378 e. The van der Waals surface area contributed by atoms with E-state index >= 15 is 0 Å². The van der Waals surface area contributed by atoms with Crippen molar-refractivity contribution in [2.45, 2.75) is 6.42 Å². The first-order chi connectivity index (χ1) is 13.1. The van der Waals surface area contributed by atoms with Gasteiger partial charge in [0.15, 0.2) is 0 Å². The number of nitrogens with one attached hydrogen (secondary N) is 1. The van der Waals surface area contributed by atoms with Crippen LogP contribution in [0.15, 0.2) is 24.3 Å². The summed E-state index contributed by atoms with van der Waals surface area (Å²) in [7, 11) is 0. The molecule has 0 spiro atoms. The number of hydrogen-bond acceptors (Lipinski definition) is 4. The highest BCUT2D eigenvalue weighted by Crippen LogP contribution is 2.10. The van der Waals surface area contributed by atoms with Gasteiger partial charge in [0, 0.05) is 50.8 Å². The Morgan fingerprint density at radius 2 is 1.59 bits per heavy atom. The van der Waals surface area contributed by atoms with E-state index in [2.05, 4.69) is 10.2 Å². The molecule has 2 aliphatic rings. The number of nitrogens with zero attached hydrogens (tertiary/aromatic N) is 3. The molecule has 1 aromatic rings. The maximum absolute atomic E-state index is 12.5. The number of piperazine rings is 1. The highest BCUT2D eigenvalue weighted by Gasteiger charge is 2.26. The molecule has 0 aromatic heterocycles. The molecule has 0 saturated carbocycles. The summed E-state index contributed by atoms with van der Waals surface area (Å²) in [5.74, 6) is 0.0249. The van der Waals surface area contributed by atoms with Crippen LogP contribution in [0.3, 0.4) is 0 Å². The highest BCUT2D eigenvalue weighted by atomic mass is 35.5. The third-order valence-corrected chi connectivity index (χ3v) is 5.19. The fourth-order valence-electron chi connectivity index (χ4n) is 3.31. The predicted molar refractivity (Wildman–Crippen MR) is 104 cm³/mol. The van der Waals surface area contributed by atoms with Crippen molar-refractivity contribution < 1.29 is 14.3 Å². The molecule has 7 nitrogen and oxygen atoms in total. The van der Waals surface area contributed by atoms with E-state index in [1.165, 1.54) is 0 Å². The topological polar surface area (TPSA) is 65.1 Å². The lowest BCUT2D eigenvalue weighted by atomic mass is 10.1. The van der Waals surface area contributed by atoms with Gasteiger partial charge < -0.3 is 19.9 Å². The van der Waals surface area contributed by atoms with E-state index in [1.807, 2.05) is 34.1 Å². The van der Waals surface area contributed by atoms with Gasteiger partial charge in [-0.25, -0.2) is 4.79 Å². The summed E-state index contributed by atoms with van der Waals surface area (Å²) in [6, 6.07) is 7.75. The van der Waals surface area contributed by atoms with Crippen molar-refractivity contribution >= 4 is 23.5 Å². The van der Waals surface area contributed by atoms with E-state index in [9.17, 15) is 9.59 Å². The van der Waals surface area contributed by atoms with E-state index in [4.69, 9.17) is 16.3 Å². The summed E-state index contributed by atoms with van der Waals surface area (Å²) in [5.41, 5.74) is 1.15. The van der Waals surface area contributed by atoms with Gasteiger partial charge in [0.2, 0.25) is 5.91 Å². The second-order valence-corrected chi connectivity index (χ2v) is 7.31. The summed E-state index contributed by atoms with van der Waals surface area (Å²) in [5, 5.41) is 3.68. The van der Waals surface area contributed by atoms with Gasteiger partial charge in [-0.15, -0.1) is 0 Å². The van der Waals surface area contributed by atoms with Crippen molar-refractivity contribution in [3.63, 3.8) is 0 Å². The standard InChI is InChI=1S/C19H27ClN4O3/c20-17-3-1-16(2-4-17)5-6-21-18(25)15-22-7-9-23(10-8-22)19(26)24-11-13-27-14-12-24/h1-4H,5-15H2,(H,21,25). The molecule has 0 atom stereocenters. The van der Waals surface area contributed by atoms with Gasteiger partial charge in [0.1, 0.15) is 0 Å². The Kier molecular flexibility index (Phi) is 7.32. The number of carbonyl (C=O) groups is 2. The number of morpholine rings is 1. The molecule has 0 aliphatic carbocycles. The molecule has 0 bridgehead atoms. The molecule has 27 heavy (non-hydrogen) atoms. The fraction of sp³-hybridized carbons (Fsp3) is 0.579. The SMILES string of the molecule is O=C(CN1CCN(C(=O)N2CCOCC2)CC1)NCCc1ccc(Cl)cc1. The molecule has 3 amide bonds. The van der Waals surface area contributed by atoms with Crippen LogP contribution in [0.5, 0.6) is 0 Å². The quantitative estimate of drug-likeness (QED) is 0.811. The normalized spacial score (nSPS) is 18.4. The lowest BCUT2D eigenvalue weighted by molar-refractivity contribution is -0.122. The van der Waals surface area contributed by atoms with Crippen LogP contribution in [0.25, 0.3) is 0 Å². The summed E-state index contributed by atoms with van der Waals surface area (Å²) in [4.78, 5) is 30.4. The van der Waals surface area contributed by atoms with Crippen LogP contribution in [0.1, 0.15) is 5.56 Å². The maximum Gasteiger partial charge on any atom is 0.320 e. The van der Waals surface area contributed by atoms with Crippen LogP contribution in [-0.4, -0.2) is 92.2 Å². The summed E-state index contributed by atoms with van der Waals surface area (Å²) in [6.07, 6.45) is 0.782. The Bertz CT molecular complexity index is 626. The summed E-state index contributed by atoms with van der Waals surface area (Å²) < 4.78 is 5.29. The summed E-state index contributed by atoms with van der Waals surface area (Å²) in [6.45, 7) is 6.30. The number of benzene rings is 1. The first-order valence-electron chi connectivity index (χ1n) is 9.47. The Balaban J connectivity index is 1.33. The van der Waals surface area contributed by atoms with E-state index < -0.39 is 0 Å². The van der Waals surface area contributed by atoms with Crippen LogP contribution in [0.4, 0.5) is 4.79 Å². The first kappa shape index (κ1) is 19.9. The number of urea groups is 1. The van der Waals surface area contributed by atoms with Gasteiger partial charge >= 0.3 is 6.03 Å². The molecule has 148 valence electrons. The largest absolute Gasteiger partial charge is 0.378 e. The molecule has 2 saturated heterocycles. The Morgan fingerprint density at radius 1 is 0.963 bits per heavy atom. The van der Waals surface area contributed by atoms with Crippen molar-refractivity contribution in [3.8, 4) is 0 Å². The Morgan fingerprint density at radius 3 is 2.26 bits per heavy atom. The average Bonchev–Trinajstić information content (AvgIpc) is 2.70. The van der Waals surface area contributed by atoms with Gasteiger partial charge in [0.05, 0.1) is 19.8 Å². The third kappa shape index (κ3) is 6.09. The zero-order valence-electron chi connectivity index (χ0n) is 15.5. The lowest BCUT2D eigenvalue weighted by Gasteiger charge is -2.38. The van der Waals surface area contributed by atoms with Crippen LogP contribution < -0.4 is 5.32 Å². The lowest BCUT2D eigenvalue weighted by Crippen LogP contribution is -2.55. The first-order valence-corrected chi connectivity index (χ1v) is 9.85. The molecular formula is C19H27ClN4O3.